The molecule has 0 amide bonds. The average Bonchev–Trinajstić information content (AvgIpc) is 3.59. The number of aryl methyl sites for hydroxylation is 1. The van der Waals surface area contributed by atoms with Gasteiger partial charge in [0.15, 0.2) is 17.3 Å². The van der Waals surface area contributed by atoms with Crippen LogP contribution >= 0.6 is 0 Å². The van der Waals surface area contributed by atoms with E-state index in [1.54, 1.807) is 6.07 Å². The van der Waals surface area contributed by atoms with Gasteiger partial charge in [-0.2, -0.15) is 15.2 Å². The summed E-state index contributed by atoms with van der Waals surface area (Å²) < 4.78 is 33.7. The Kier molecular flexibility index (Phi) is 7.05. The van der Waals surface area contributed by atoms with Crippen LogP contribution in [-0.2, 0) is 18.3 Å². The first-order valence-corrected chi connectivity index (χ1v) is 15.7. The summed E-state index contributed by atoms with van der Waals surface area (Å²) in [4.78, 5) is 11.6. The number of alkyl halides is 1. The second-order valence-electron chi connectivity index (χ2n) is 13.5. The molecule has 232 valence electrons. The second-order valence-corrected chi connectivity index (χ2v) is 13.5. The SMILES string of the molecule is C[C@H](Oc1cc(O[C@@H]2CNC2(C)C)nc(-c2noc3c2CCC[C@@]32CCCc3ccc(N)c(C#N)c32)n1)[C@@H]1[C@@H](F)CCN1C. The van der Waals surface area contributed by atoms with Crippen LogP contribution in [0.3, 0.4) is 0 Å². The minimum atomic E-state index is -0.974. The number of rotatable bonds is 6. The van der Waals surface area contributed by atoms with Gasteiger partial charge in [0, 0.05) is 24.3 Å². The Morgan fingerprint density at radius 3 is 2.66 bits per heavy atom. The van der Waals surface area contributed by atoms with Crippen LogP contribution in [0.25, 0.3) is 11.5 Å². The normalized spacial score (nSPS) is 28.0. The van der Waals surface area contributed by atoms with Crippen LogP contribution in [0.2, 0.25) is 0 Å². The fourth-order valence-electron chi connectivity index (χ4n) is 7.89. The lowest BCUT2D eigenvalue weighted by atomic mass is 9.61. The molecule has 0 saturated carbocycles. The van der Waals surface area contributed by atoms with E-state index in [4.69, 9.17) is 29.7 Å². The maximum atomic E-state index is 14.8. The number of benzene rings is 1. The van der Waals surface area contributed by atoms with Gasteiger partial charge in [-0.15, -0.1) is 0 Å². The van der Waals surface area contributed by atoms with E-state index in [9.17, 15) is 9.65 Å². The molecule has 44 heavy (non-hydrogen) atoms. The van der Waals surface area contributed by atoms with Crippen LogP contribution < -0.4 is 20.5 Å². The number of aromatic nitrogens is 3. The van der Waals surface area contributed by atoms with E-state index in [-0.39, 0.29) is 17.7 Å². The van der Waals surface area contributed by atoms with Crippen molar-refractivity contribution in [1.29, 1.82) is 5.26 Å². The van der Waals surface area contributed by atoms with Crippen LogP contribution in [0.1, 0.15) is 80.9 Å². The van der Waals surface area contributed by atoms with Crippen LogP contribution in [0.4, 0.5) is 10.1 Å². The largest absolute Gasteiger partial charge is 0.473 e. The number of nitriles is 1. The lowest BCUT2D eigenvalue weighted by molar-refractivity contribution is 0.0259. The molecule has 3 aromatic rings. The van der Waals surface area contributed by atoms with Crippen LogP contribution in [0, 0.1) is 11.3 Å². The first kappa shape index (κ1) is 29.0. The molecule has 2 aromatic heterocycles. The molecule has 7 rings (SSSR count). The maximum absolute atomic E-state index is 14.8. The highest BCUT2D eigenvalue weighted by Crippen LogP contribution is 2.53. The van der Waals surface area contributed by atoms with E-state index >= 15 is 0 Å². The summed E-state index contributed by atoms with van der Waals surface area (Å²) in [6.45, 7) is 7.42. The standard InChI is InChI=1S/C33H40FN7O3/c1-18(29-22(34)11-14-41(29)4)42-25-15-26(43-24-17-37-32(24,2)3)39-31(38-25)28-20-8-6-13-33(30(20)44-40-28)12-5-7-19-9-10-23(36)21(16-35)27(19)33/h9-10,15,18,22,24,29,37H,5-8,11-14,17,36H2,1-4H3/t18-,22-,24+,29+,33+/m0/s1. The number of likely N-dealkylation sites (tertiary alicyclic amines) is 1. The van der Waals surface area contributed by atoms with E-state index < -0.39 is 17.7 Å². The number of anilines is 1. The number of nitrogens with one attached hydrogen (secondary N) is 1. The minimum absolute atomic E-state index is 0.0881. The number of likely N-dealkylation sites (N-methyl/N-ethyl adjacent to an activating group) is 1. The Balaban J connectivity index is 1.30. The van der Waals surface area contributed by atoms with Gasteiger partial charge in [0.05, 0.1) is 28.6 Å². The molecule has 3 N–H and O–H groups in total. The quantitative estimate of drug-likeness (QED) is 0.389. The third-order valence-electron chi connectivity index (χ3n) is 10.3. The Morgan fingerprint density at radius 1 is 1.20 bits per heavy atom. The molecule has 1 spiro atoms. The Bertz CT molecular complexity index is 1620. The van der Waals surface area contributed by atoms with E-state index in [0.717, 1.165) is 61.0 Å². The van der Waals surface area contributed by atoms with Gasteiger partial charge in [-0.25, -0.2) is 4.39 Å². The van der Waals surface area contributed by atoms with Crippen molar-refractivity contribution in [3.05, 3.63) is 46.2 Å². The summed E-state index contributed by atoms with van der Waals surface area (Å²) in [6, 6.07) is 7.58. The van der Waals surface area contributed by atoms with Gasteiger partial charge in [0.2, 0.25) is 11.8 Å². The zero-order chi connectivity index (χ0) is 30.8. The first-order valence-electron chi connectivity index (χ1n) is 15.7. The molecule has 2 fully saturated rings. The molecule has 10 nitrogen and oxygen atoms in total. The Hall–Kier alpha value is -3.75. The second kappa shape index (κ2) is 10.7. The maximum Gasteiger partial charge on any atom is 0.221 e. The monoisotopic (exact) mass is 601 g/mol. The van der Waals surface area contributed by atoms with Gasteiger partial charge in [-0.05, 0) is 90.0 Å². The summed E-state index contributed by atoms with van der Waals surface area (Å²) in [5.41, 5.74) is 10.3. The van der Waals surface area contributed by atoms with Crippen molar-refractivity contribution in [3.8, 4) is 29.3 Å². The van der Waals surface area contributed by atoms with Gasteiger partial charge < -0.3 is 25.0 Å². The number of nitrogen functional groups attached to an aromatic ring is 1. The summed E-state index contributed by atoms with van der Waals surface area (Å²) in [5.74, 6) is 1.79. The van der Waals surface area contributed by atoms with E-state index in [2.05, 4.69) is 30.4 Å². The highest BCUT2D eigenvalue weighted by Gasteiger charge is 2.48. The molecule has 0 unspecified atom stereocenters. The third-order valence-corrected chi connectivity index (χ3v) is 10.3. The molecule has 11 heteroatoms. The van der Waals surface area contributed by atoms with E-state index in [0.29, 0.717) is 54.0 Å². The summed E-state index contributed by atoms with van der Waals surface area (Å²) in [6.07, 6.45) is 4.17. The number of ether oxygens (including phenoxy) is 2. The molecule has 5 atom stereocenters. The molecule has 1 aromatic carbocycles. The summed E-state index contributed by atoms with van der Waals surface area (Å²) in [5, 5.41) is 18.1. The van der Waals surface area contributed by atoms with Gasteiger partial charge >= 0.3 is 0 Å². The predicted octanol–water partition coefficient (Wildman–Crippen LogP) is 4.48. The van der Waals surface area contributed by atoms with Crippen LogP contribution in [-0.4, -0.2) is 70.1 Å². The van der Waals surface area contributed by atoms with Crippen molar-refractivity contribution in [2.24, 2.45) is 0 Å². The van der Waals surface area contributed by atoms with Crippen LogP contribution in [0.5, 0.6) is 11.8 Å². The van der Waals surface area contributed by atoms with Crippen molar-refractivity contribution in [2.45, 2.75) is 101 Å². The molecule has 0 bridgehead atoms. The smallest absolute Gasteiger partial charge is 0.221 e. The third kappa shape index (κ3) is 4.61. The molecule has 2 saturated heterocycles. The van der Waals surface area contributed by atoms with Gasteiger partial charge in [0.25, 0.3) is 0 Å². The number of nitrogens with zero attached hydrogens (tertiary/aromatic N) is 5. The topological polar surface area (TPSA) is 135 Å². The molecule has 0 radical (unpaired) electrons. The molecule has 4 aliphatic rings. The Labute approximate surface area is 257 Å². The number of hydrogen-bond acceptors (Lipinski definition) is 10. The van der Waals surface area contributed by atoms with Crippen molar-refractivity contribution in [1.82, 2.24) is 25.3 Å². The van der Waals surface area contributed by atoms with Crippen molar-refractivity contribution in [3.63, 3.8) is 0 Å². The predicted molar refractivity (Wildman–Crippen MR) is 162 cm³/mol. The van der Waals surface area contributed by atoms with Crippen molar-refractivity contribution in [2.75, 3.05) is 25.9 Å². The van der Waals surface area contributed by atoms with E-state index in [1.165, 1.54) is 0 Å². The number of halogens is 1. The molecule has 2 aliphatic carbocycles. The highest BCUT2D eigenvalue weighted by molar-refractivity contribution is 5.67. The zero-order valence-corrected chi connectivity index (χ0v) is 25.8. The van der Waals surface area contributed by atoms with E-state index in [1.807, 2.05) is 31.0 Å². The van der Waals surface area contributed by atoms with Gasteiger partial charge in [0.1, 0.15) is 24.4 Å². The Morgan fingerprint density at radius 2 is 1.98 bits per heavy atom. The van der Waals surface area contributed by atoms with Gasteiger partial charge in [-0.3, -0.25) is 4.90 Å². The number of hydrogen-bond donors (Lipinski definition) is 2. The van der Waals surface area contributed by atoms with Crippen molar-refractivity contribution < 1.29 is 18.4 Å². The fourth-order valence-corrected chi connectivity index (χ4v) is 7.89. The van der Waals surface area contributed by atoms with Crippen molar-refractivity contribution >= 4 is 5.69 Å². The molecule has 4 heterocycles. The fraction of sp³-hybridized carbons (Fsp3) is 0.576. The molecule has 2 aliphatic heterocycles. The molecular formula is C33H40FN7O3. The van der Waals surface area contributed by atoms with Crippen LogP contribution in [0.15, 0.2) is 22.7 Å². The number of fused-ring (bicyclic) bond motifs is 4. The molecular weight excluding hydrogens is 561 g/mol. The summed E-state index contributed by atoms with van der Waals surface area (Å²) in [7, 11) is 1.92. The highest BCUT2D eigenvalue weighted by atomic mass is 19.1. The minimum Gasteiger partial charge on any atom is -0.473 e. The lowest BCUT2D eigenvalue weighted by Gasteiger charge is -2.44. The number of nitrogens with two attached hydrogens (primary N) is 1. The zero-order valence-electron chi connectivity index (χ0n) is 25.8. The average molecular weight is 602 g/mol. The lowest BCUT2D eigenvalue weighted by Crippen LogP contribution is -2.67. The summed E-state index contributed by atoms with van der Waals surface area (Å²) >= 11 is 0. The van der Waals surface area contributed by atoms with Gasteiger partial charge in [-0.1, -0.05) is 11.2 Å². The first-order chi connectivity index (χ1) is 21.1.